The Hall–Kier alpha value is -4.69. The number of anilines is 1. The molecule has 0 fully saturated rings. The first-order chi connectivity index (χ1) is 20.8. The number of fused-ring (bicyclic) bond motifs is 1. The number of nitrogens with one attached hydrogen (secondary N) is 2. The van der Waals surface area contributed by atoms with Gasteiger partial charge in [-0.2, -0.15) is 10.4 Å². The first-order valence-corrected chi connectivity index (χ1v) is 15.8. The molecule has 0 saturated carbocycles. The van der Waals surface area contributed by atoms with E-state index in [0.717, 1.165) is 33.2 Å². The fraction of sp³-hybridized carbons (Fsp3) is 0.333. The van der Waals surface area contributed by atoms with Crippen LogP contribution < -0.4 is 10.7 Å². The molecule has 1 aromatic heterocycles. The first kappa shape index (κ1) is 32.2. The van der Waals surface area contributed by atoms with Crippen molar-refractivity contribution >= 4 is 44.3 Å². The van der Waals surface area contributed by atoms with Gasteiger partial charge in [0.2, 0.25) is 15.7 Å². The molecule has 0 aliphatic heterocycles. The summed E-state index contributed by atoms with van der Waals surface area (Å²) in [6.45, 7) is 11.5. The quantitative estimate of drug-likeness (QED) is 0.226. The summed E-state index contributed by atoms with van der Waals surface area (Å²) >= 11 is 0. The number of rotatable bonds is 9. The molecule has 11 heteroatoms. The maximum absolute atomic E-state index is 13.9. The second kappa shape index (κ2) is 12.9. The molecule has 1 atom stereocenters. The molecule has 10 nitrogen and oxygen atoms in total. The maximum Gasteiger partial charge on any atom is 0.414 e. The molecule has 3 aromatic rings. The van der Waals surface area contributed by atoms with E-state index in [9.17, 15) is 23.3 Å². The van der Waals surface area contributed by atoms with E-state index in [2.05, 4.69) is 29.1 Å². The lowest BCUT2D eigenvalue weighted by Gasteiger charge is -2.31. The highest BCUT2D eigenvalue weighted by Crippen LogP contribution is 2.36. The summed E-state index contributed by atoms with van der Waals surface area (Å²) < 4.78 is 32.8. The summed E-state index contributed by atoms with van der Waals surface area (Å²) in [6, 6.07) is 13.0. The molecule has 0 radical (unpaired) electrons. The van der Waals surface area contributed by atoms with Crippen molar-refractivity contribution in [3.8, 4) is 6.07 Å². The number of allylic oxidation sites excluding steroid dienone is 3. The van der Waals surface area contributed by atoms with Crippen LogP contribution in [-0.2, 0) is 26.0 Å². The van der Waals surface area contributed by atoms with Crippen molar-refractivity contribution < 1.29 is 22.7 Å². The summed E-state index contributed by atoms with van der Waals surface area (Å²) in [5.74, 6) is -0.704. The van der Waals surface area contributed by atoms with Gasteiger partial charge < -0.3 is 4.74 Å². The van der Waals surface area contributed by atoms with E-state index < -0.39 is 32.5 Å². The number of carbonyl (C=O) groups excluding carboxylic acids is 2. The third-order valence-electron chi connectivity index (χ3n) is 7.81. The molecule has 1 aliphatic carbocycles. The smallest absolute Gasteiger partial charge is 0.414 e. The molecule has 2 aromatic carbocycles. The predicted molar refractivity (Wildman–Crippen MR) is 172 cm³/mol. The topological polar surface area (TPSA) is 143 Å². The van der Waals surface area contributed by atoms with Crippen LogP contribution in [0, 0.1) is 31.1 Å². The highest BCUT2D eigenvalue weighted by molar-refractivity contribution is 7.91. The van der Waals surface area contributed by atoms with Crippen molar-refractivity contribution in [2.45, 2.75) is 59.1 Å². The number of aromatic nitrogens is 1. The Morgan fingerprint density at radius 3 is 2.50 bits per heavy atom. The molecular formula is C33H37N5O5S. The second-order valence-corrected chi connectivity index (χ2v) is 13.7. The second-order valence-electron chi connectivity index (χ2n) is 11.4. The zero-order chi connectivity index (χ0) is 32.2. The van der Waals surface area contributed by atoms with Crippen LogP contribution in [0.2, 0.25) is 0 Å². The number of carbonyl (C=O) groups is 2. The average Bonchev–Trinajstić information content (AvgIpc) is 3.39. The van der Waals surface area contributed by atoms with E-state index in [1.54, 1.807) is 32.2 Å². The van der Waals surface area contributed by atoms with Gasteiger partial charge >= 0.3 is 6.09 Å². The Morgan fingerprint density at radius 1 is 1.16 bits per heavy atom. The molecule has 0 spiro atoms. The minimum Gasteiger partial charge on any atom is -0.450 e. The number of hydrogen-bond acceptors (Lipinski definition) is 8. The molecule has 1 heterocycles. The average molecular weight is 616 g/mol. The largest absolute Gasteiger partial charge is 0.450 e. The third kappa shape index (κ3) is 6.60. The van der Waals surface area contributed by atoms with Gasteiger partial charge in [0.05, 0.1) is 17.8 Å². The fourth-order valence-electron chi connectivity index (χ4n) is 5.29. The zero-order valence-corrected chi connectivity index (χ0v) is 26.6. The Kier molecular flexibility index (Phi) is 9.44. The lowest BCUT2D eigenvalue weighted by Crippen LogP contribution is -2.39. The highest BCUT2D eigenvalue weighted by atomic mass is 32.2. The minimum absolute atomic E-state index is 0.0817. The molecule has 230 valence electrons. The minimum atomic E-state index is -3.73. The van der Waals surface area contributed by atoms with Crippen molar-refractivity contribution in [3.05, 3.63) is 88.7 Å². The summed E-state index contributed by atoms with van der Waals surface area (Å²) in [5, 5.41) is 15.9. The van der Waals surface area contributed by atoms with Crippen molar-refractivity contribution in [1.82, 2.24) is 9.29 Å². The Balaban J connectivity index is 1.53. The number of nitriles is 1. The molecule has 2 amide bonds. The van der Waals surface area contributed by atoms with Gasteiger partial charge in [0, 0.05) is 11.6 Å². The molecule has 2 N–H and O–H groups in total. The predicted octanol–water partition coefficient (Wildman–Crippen LogP) is 5.89. The van der Waals surface area contributed by atoms with Crippen LogP contribution in [0.5, 0.6) is 0 Å². The molecular weight excluding hydrogens is 578 g/mol. The van der Waals surface area contributed by atoms with Gasteiger partial charge in [-0.05, 0) is 99.0 Å². The van der Waals surface area contributed by atoms with Gasteiger partial charge in [0.1, 0.15) is 10.8 Å². The summed E-state index contributed by atoms with van der Waals surface area (Å²) in [6.07, 6.45) is 7.39. The van der Waals surface area contributed by atoms with Gasteiger partial charge in [-0.15, -0.1) is 0 Å². The number of amides is 2. The molecule has 4 rings (SSSR count). The van der Waals surface area contributed by atoms with Gasteiger partial charge in [0.15, 0.2) is 0 Å². The van der Waals surface area contributed by atoms with Crippen molar-refractivity contribution in [2.75, 3.05) is 12.0 Å². The van der Waals surface area contributed by atoms with E-state index in [-0.39, 0.29) is 12.5 Å². The number of nitrogens with zero attached hydrogens (tertiary/aromatic N) is 3. The van der Waals surface area contributed by atoms with E-state index in [1.807, 2.05) is 67.7 Å². The number of benzene rings is 2. The van der Waals surface area contributed by atoms with Crippen LogP contribution in [-0.4, -0.2) is 41.5 Å². The Labute approximate surface area is 258 Å². The van der Waals surface area contributed by atoms with Crippen LogP contribution in [0.4, 0.5) is 10.5 Å². The van der Waals surface area contributed by atoms with E-state index in [4.69, 9.17) is 0 Å². The van der Waals surface area contributed by atoms with Crippen LogP contribution in [0.3, 0.4) is 0 Å². The normalized spacial score (nSPS) is 16.9. The number of hydrazone groups is 1. The summed E-state index contributed by atoms with van der Waals surface area (Å²) in [7, 11) is -3.73. The van der Waals surface area contributed by atoms with E-state index in [0.29, 0.717) is 24.0 Å². The molecule has 0 bridgehead atoms. The molecule has 1 unspecified atom stereocenters. The first-order valence-electron chi connectivity index (χ1n) is 14.3. The third-order valence-corrected chi connectivity index (χ3v) is 10.1. The van der Waals surface area contributed by atoms with E-state index >= 15 is 0 Å². The summed E-state index contributed by atoms with van der Waals surface area (Å²) in [4.78, 5) is 23.6. The maximum atomic E-state index is 13.9. The SMILES string of the molecule is CCOC(=O)NC(=O)/C(C#N)=N\Nc1cc(C)c(Cc2ccc3c(ccn3S(=O)(=O)C3(C)C=CC=C(C(C)C)C3)c2)c(C)c1. The fourth-order valence-corrected chi connectivity index (χ4v) is 6.99. The van der Waals surface area contributed by atoms with Gasteiger partial charge in [-0.3, -0.25) is 15.5 Å². The van der Waals surface area contributed by atoms with Crippen molar-refractivity contribution in [3.63, 3.8) is 0 Å². The van der Waals surface area contributed by atoms with Crippen LogP contribution in [0.1, 0.15) is 56.4 Å². The lowest BCUT2D eigenvalue weighted by atomic mass is 9.88. The highest BCUT2D eigenvalue weighted by Gasteiger charge is 2.40. The number of hydrogen-bond donors (Lipinski definition) is 2. The number of imide groups is 1. The Morgan fingerprint density at radius 2 is 1.86 bits per heavy atom. The van der Waals surface area contributed by atoms with Crippen LogP contribution in [0.15, 0.2) is 71.5 Å². The van der Waals surface area contributed by atoms with Crippen LogP contribution >= 0.6 is 0 Å². The number of ether oxygens (including phenoxy) is 1. The lowest BCUT2D eigenvalue weighted by molar-refractivity contribution is -0.114. The molecule has 1 aliphatic rings. The molecule has 44 heavy (non-hydrogen) atoms. The number of alkyl carbamates (subject to hydrolysis) is 1. The van der Waals surface area contributed by atoms with Crippen molar-refractivity contribution in [2.24, 2.45) is 11.0 Å². The van der Waals surface area contributed by atoms with E-state index in [1.165, 1.54) is 3.97 Å². The van der Waals surface area contributed by atoms with Gasteiger partial charge in [-0.1, -0.05) is 43.7 Å². The summed E-state index contributed by atoms with van der Waals surface area (Å²) in [5.41, 5.74) is 8.54. The zero-order valence-electron chi connectivity index (χ0n) is 25.8. The Bertz CT molecular complexity index is 1840. The standard InChI is InChI=1S/C33H37N5O5S/c1-7-43-32(40)35-31(39)29(20-34)37-36-27-15-22(4)28(23(5)16-27)18-24-10-11-30-25(17-24)12-14-38(30)44(41,42)33(6)13-8-9-26(19-33)21(2)3/h8-17,21,36H,7,18-19H2,1-6H3,(H,35,39,40)/b37-29-. The number of aryl methyl sites for hydroxylation is 2. The van der Waals surface area contributed by atoms with Gasteiger partial charge in [0.25, 0.3) is 5.91 Å². The van der Waals surface area contributed by atoms with Gasteiger partial charge in [-0.25, -0.2) is 17.2 Å². The van der Waals surface area contributed by atoms with Crippen molar-refractivity contribution in [1.29, 1.82) is 5.26 Å². The molecule has 0 saturated heterocycles. The monoisotopic (exact) mass is 615 g/mol. The van der Waals surface area contributed by atoms with Crippen LogP contribution in [0.25, 0.3) is 10.9 Å².